The molecule has 5 nitrogen and oxygen atoms in total. The maximum Gasteiger partial charge on any atom is 0.339 e. The molecule has 1 heterocycles. The van der Waals surface area contributed by atoms with Crippen molar-refractivity contribution in [1.82, 2.24) is 10.2 Å². The molecular formula is C15H23N3O2. The molecule has 1 aromatic heterocycles. The Morgan fingerprint density at radius 3 is 2.60 bits per heavy atom. The van der Waals surface area contributed by atoms with Crippen molar-refractivity contribution in [2.75, 3.05) is 5.32 Å². The van der Waals surface area contributed by atoms with Gasteiger partial charge in [-0.3, -0.25) is 0 Å². The molecule has 0 radical (unpaired) electrons. The summed E-state index contributed by atoms with van der Waals surface area (Å²) in [6.45, 7) is 5.79. The number of nitrogens with zero attached hydrogens (tertiary/aromatic N) is 2. The molecule has 1 fully saturated rings. The largest absolute Gasteiger partial charge is 0.478 e. The Hall–Kier alpha value is -1.65. The number of hydrogen-bond acceptors (Lipinski definition) is 4. The average Bonchev–Trinajstić information content (AvgIpc) is 2.59. The van der Waals surface area contributed by atoms with E-state index in [0.29, 0.717) is 23.0 Å². The van der Waals surface area contributed by atoms with Gasteiger partial charge in [0.1, 0.15) is 5.56 Å². The number of aryl methyl sites for hydroxylation is 1. The van der Waals surface area contributed by atoms with E-state index in [1.165, 1.54) is 25.7 Å². The number of aromatic carboxylic acids is 1. The van der Waals surface area contributed by atoms with Crippen LogP contribution in [0.3, 0.4) is 0 Å². The third-order valence-corrected chi connectivity index (χ3v) is 4.35. The minimum Gasteiger partial charge on any atom is -0.478 e. The van der Waals surface area contributed by atoms with Crippen LogP contribution in [0.4, 0.5) is 5.82 Å². The normalized spacial score (nSPS) is 23.1. The lowest BCUT2D eigenvalue weighted by atomic mass is 9.96. The number of anilines is 1. The lowest BCUT2D eigenvalue weighted by Crippen LogP contribution is -2.28. The average molecular weight is 277 g/mol. The summed E-state index contributed by atoms with van der Waals surface area (Å²) in [4.78, 5) is 11.5. The highest BCUT2D eigenvalue weighted by Crippen LogP contribution is 2.27. The predicted molar refractivity (Wildman–Crippen MR) is 78.1 cm³/mol. The molecule has 1 aliphatic rings. The molecule has 0 bridgehead atoms. The number of aromatic nitrogens is 2. The van der Waals surface area contributed by atoms with Gasteiger partial charge >= 0.3 is 5.97 Å². The molecule has 1 aliphatic carbocycles. The number of nitrogens with one attached hydrogen (secondary N) is 1. The van der Waals surface area contributed by atoms with Crippen LogP contribution in [0.25, 0.3) is 0 Å². The quantitative estimate of drug-likeness (QED) is 0.830. The summed E-state index contributed by atoms with van der Waals surface area (Å²) in [5.74, 6) is 0.00572. The van der Waals surface area contributed by atoms with Crippen LogP contribution in [0.5, 0.6) is 0 Å². The third kappa shape index (κ3) is 3.08. The summed E-state index contributed by atoms with van der Waals surface area (Å²) >= 11 is 0. The summed E-state index contributed by atoms with van der Waals surface area (Å²) in [6.07, 6.45) is 5.94. The molecule has 2 unspecified atom stereocenters. The SMILES string of the molecule is Cc1nnc(NC2CCCCCC2C)c(C(=O)O)c1C. The van der Waals surface area contributed by atoms with Crippen LogP contribution >= 0.6 is 0 Å². The van der Waals surface area contributed by atoms with Gasteiger partial charge in [0.05, 0.1) is 5.69 Å². The van der Waals surface area contributed by atoms with Crippen molar-refractivity contribution < 1.29 is 9.90 Å². The van der Waals surface area contributed by atoms with Crippen LogP contribution in [-0.4, -0.2) is 27.3 Å². The highest BCUT2D eigenvalue weighted by atomic mass is 16.4. The van der Waals surface area contributed by atoms with Gasteiger partial charge in [-0.1, -0.05) is 26.2 Å². The van der Waals surface area contributed by atoms with Crippen molar-refractivity contribution in [3.8, 4) is 0 Å². The number of carboxylic acids is 1. The van der Waals surface area contributed by atoms with Gasteiger partial charge in [0.25, 0.3) is 0 Å². The lowest BCUT2D eigenvalue weighted by Gasteiger charge is -2.24. The fourth-order valence-corrected chi connectivity index (χ4v) is 2.85. The van der Waals surface area contributed by atoms with Gasteiger partial charge in [-0.25, -0.2) is 4.79 Å². The van der Waals surface area contributed by atoms with Crippen LogP contribution in [0.2, 0.25) is 0 Å². The first-order chi connectivity index (χ1) is 9.50. The topological polar surface area (TPSA) is 75.1 Å². The standard InChI is InChI=1S/C15H23N3O2/c1-9-7-5-4-6-8-12(9)16-14-13(15(19)20)10(2)11(3)17-18-14/h9,12H,4-8H2,1-3H3,(H,16,18)(H,19,20). The van der Waals surface area contributed by atoms with Crippen LogP contribution < -0.4 is 5.32 Å². The van der Waals surface area contributed by atoms with E-state index in [4.69, 9.17) is 0 Å². The molecule has 1 saturated carbocycles. The van der Waals surface area contributed by atoms with E-state index in [1.807, 2.05) is 0 Å². The molecule has 2 rings (SSSR count). The molecule has 0 saturated heterocycles. The molecule has 110 valence electrons. The molecule has 2 N–H and O–H groups in total. The maximum absolute atomic E-state index is 11.5. The van der Waals surface area contributed by atoms with Gasteiger partial charge < -0.3 is 10.4 Å². The summed E-state index contributed by atoms with van der Waals surface area (Å²) in [6, 6.07) is 0.284. The van der Waals surface area contributed by atoms with Crippen LogP contribution in [-0.2, 0) is 0 Å². The van der Waals surface area contributed by atoms with Gasteiger partial charge in [-0.2, -0.15) is 5.10 Å². The number of rotatable bonds is 3. The predicted octanol–water partition coefficient (Wildman–Crippen LogP) is 3.17. The Morgan fingerprint density at radius 2 is 1.90 bits per heavy atom. The second-order valence-electron chi connectivity index (χ2n) is 5.81. The van der Waals surface area contributed by atoms with Crippen LogP contribution in [0, 0.1) is 19.8 Å². The first-order valence-electron chi connectivity index (χ1n) is 7.34. The second kappa shape index (κ2) is 6.20. The maximum atomic E-state index is 11.5. The molecule has 2 atom stereocenters. The Morgan fingerprint density at radius 1 is 1.20 bits per heavy atom. The molecule has 0 amide bonds. The van der Waals surface area contributed by atoms with E-state index in [-0.39, 0.29) is 11.6 Å². The highest BCUT2D eigenvalue weighted by Gasteiger charge is 2.24. The summed E-state index contributed by atoms with van der Waals surface area (Å²) in [5, 5.41) is 20.9. The Kier molecular flexibility index (Phi) is 4.57. The number of carboxylic acid groups (broad SMARTS) is 1. The molecule has 1 aromatic rings. The second-order valence-corrected chi connectivity index (χ2v) is 5.81. The van der Waals surface area contributed by atoms with Crippen LogP contribution in [0.15, 0.2) is 0 Å². The first-order valence-corrected chi connectivity index (χ1v) is 7.34. The third-order valence-electron chi connectivity index (χ3n) is 4.35. The molecule has 0 aliphatic heterocycles. The van der Waals surface area contributed by atoms with Crippen molar-refractivity contribution in [1.29, 1.82) is 0 Å². The lowest BCUT2D eigenvalue weighted by molar-refractivity contribution is 0.0696. The van der Waals surface area contributed by atoms with E-state index >= 15 is 0 Å². The minimum atomic E-state index is -0.940. The molecular weight excluding hydrogens is 254 g/mol. The van der Waals surface area contributed by atoms with Crippen molar-refractivity contribution in [3.63, 3.8) is 0 Å². The van der Waals surface area contributed by atoms with Crippen molar-refractivity contribution >= 4 is 11.8 Å². The highest BCUT2D eigenvalue weighted by molar-refractivity contribution is 5.94. The Labute approximate surface area is 119 Å². The van der Waals surface area contributed by atoms with Gasteiger partial charge in [0.2, 0.25) is 0 Å². The molecule has 0 aromatic carbocycles. The summed E-state index contributed by atoms with van der Waals surface area (Å²) in [7, 11) is 0. The monoisotopic (exact) mass is 277 g/mol. The molecule has 5 heteroatoms. The number of carbonyl (C=O) groups is 1. The Bertz CT molecular complexity index is 502. The summed E-state index contributed by atoms with van der Waals surface area (Å²) in [5.41, 5.74) is 1.62. The zero-order chi connectivity index (χ0) is 14.7. The zero-order valence-electron chi connectivity index (χ0n) is 12.4. The van der Waals surface area contributed by atoms with Gasteiger partial charge in [0, 0.05) is 6.04 Å². The van der Waals surface area contributed by atoms with Crippen molar-refractivity contribution in [2.45, 2.75) is 58.9 Å². The van der Waals surface area contributed by atoms with E-state index in [9.17, 15) is 9.90 Å². The van der Waals surface area contributed by atoms with E-state index in [1.54, 1.807) is 13.8 Å². The number of hydrogen-bond donors (Lipinski definition) is 2. The minimum absolute atomic E-state index is 0.258. The molecule has 20 heavy (non-hydrogen) atoms. The smallest absolute Gasteiger partial charge is 0.339 e. The van der Waals surface area contributed by atoms with Crippen molar-refractivity contribution in [3.05, 3.63) is 16.8 Å². The van der Waals surface area contributed by atoms with E-state index < -0.39 is 5.97 Å². The van der Waals surface area contributed by atoms with Gasteiger partial charge in [-0.05, 0) is 38.2 Å². The summed E-state index contributed by atoms with van der Waals surface area (Å²) < 4.78 is 0. The van der Waals surface area contributed by atoms with Gasteiger partial charge in [-0.15, -0.1) is 5.10 Å². The zero-order valence-corrected chi connectivity index (χ0v) is 12.4. The molecule has 0 spiro atoms. The van der Waals surface area contributed by atoms with Gasteiger partial charge in [0.15, 0.2) is 5.82 Å². The van der Waals surface area contributed by atoms with E-state index in [2.05, 4.69) is 22.4 Å². The fraction of sp³-hybridized carbons (Fsp3) is 0.667. The first kappa shape index (κ1) is 14.8. The Balaban J connectivity index is 2.28. The van der Waals surface area contributed by atoms with Crippen LogP contribution in [0.1, 0.15) is 60.6 Å². The van der Waals surface area contributed by atoms with Crippen molar-refractivity contribution in [2.24, 2.45) is 5.92 Å². The fourth-order valence-electron chi connectivity index (χ4n) is 2.85. The van der Waals surface area contributed by atoms with E-state index in [0.717, 1.165) is 6.42 Å².